The van der Waals surface area contributed by atoms with Gasteiger partial charge in [-0.1, -0.05) is 35.5 Å². The van der Waals surface area contributed by atoms with E-state index >= 15 is 0 Å². The van der Waals surface area contributed by atoms with E-state index < -0.39 is 16.7 Å². The molecule has 1 atom stereocenters. The summed E-state index contributed by atoms with van der Waals surface area (Å²) < 4.78 is 13.8. The van der Waals surface area contributed by atoms with Crippen molar-refractivity contribution in [3.63, 3.8) is 0 Å². The van der Waals surface area contributed by atoms with Crippen molar-refractivity contribution in [3.8, 4) is 11.3 Å². The molecule has 0 radical (unpaired) electrons. The molecule has 24 heavy (non-hydrogen) atoms. The lowest BCUT2D eigenvalue weighted by Crippen LogP contribution is -2.18. The Labute approximate surface area is 140 Å². The largest absolute Gasteiger partial charge is 0.288 e. The summed E-state index contributed by atoms with van der Waals surface area (Å²) >= 11 is 0. The van der Waals surface area contributed by atoms with Crippen LogP contribution in [-0.4, -0.2) is 30.3 Å². The number of rotatable bonds is 5. The highest BCUT2D eigenvalue weighted by molar-refractivity contribution is 7.84. The highest BCUT2D eigenvalue weighted by Crippen LogP contribution is 2.18. The molecule has 8 heteroatoms. The maximum absolute atomic E-state index is 12.3. The first-order chi connectivity index (χ1) is 11.7. The Balaban J connectivity index is 1.79. The first-order valence-corrected chi connectivity index (χ1v) is 8.37. The zero-order chi connectivity index (χ0) is 16.9. The van der Waals surface area contributed by atoms with Crippen molar-refractivity contribution < 1.29 is 14.2 Å². The van der Waals surface area contributed by atoms with Gasteiger partial charge in [-0.25, -0.2) is 10.2 Å². The van der Waals surface area contributed by atoms with Crippen molar-refractivity contribution in [3.05, 3.63) is 66.4 Å². The number of nitrogens with zero attached hydrogens (tertiary/aromatic N) is 3. The summed E-state index contributed by atoms with van der Waals surface area (Å²) in [5.74, 6) is -0.414. The summed E-state index contributed by atoms with van der Waals surface area (Å²) in [6, 6.07) is 15.7. The molecule has 0 spiro atoms. The van der Waals surface area contributed by atoms with Gasteiger partial charge in [0.05, 0.1) is 17.0 Å². The monoisotopic (exact) mass is 342 g/mol. The van der Waals surface area contributed by atoms with E-state index in [9.17, 15) is 9.00 Å². The van der Waals surface area contributed by atoms with Gasteiger partial charge in [0.15, 0.2) is 0 Å². The maximum Gasteiger partial charge on any atom is 0.274 e. The van der Waals surface area contributed by atoms with E-state index in [2.05, 4.69) is 10.3 Å². The fourth-order valence-electron chi connectivity index (χ4n) is 2.15. The first kappa shape index (κ1) is 16.0. The Bertz CT molecular complexity index is 880. The van der Waals surface area contributed by atoms with E-state index in [0.29, 0.717) is 16.8 Å². The van der Waals surface area contributed by atoms with Crippen LogP contribution in [-0.2, 0) is 16.7 Å². The minimum Gasteiger partial charge on any atom is -0.288 e. The van der Waals surface area contributed by atoms with Gasteiger partial charge in [-0.2, -0.15) is 0 Å². The number of hydrogen-bond acceptors (Lipinski definition) is 5. The fraction of sp³-hybridized carbons (Fsp3) is 0.0625. The van der Waals surface area contributed by atoms with E-state index in [0.717, 1.165) is 4.90 Å². The van der Waals surface area contributed by atoms with Crippen molar-refractivity contribution in [1.82, 2.24) is 20.5 Å². The van der Waals surface area contributed by atoms with Crippen LogP contribution in [0.25, 0.3) is 11.3 Å². The van der Waals surface area contributed by atoms with Crippen LogP contribution in [0.3, 0.4) is 0 Å². The molecular formula is C16H14N4O3S. The van der Waals surface area contributed by atoms with Crippen LogP contribution in [0.4, 0.5) is 0 Å². The third-order valence-electron chi connectivity index (χ3n) is 3.32. The van der Waals surface area contributed by atoms with Crippen molar-refractivity contribution in [2.75, 3.05) is 0 Å². The van der Waals surface area contributed by atoms with Crippen molar-refractivity contribution in [2.45, 2.75) is 10.8 Å². The number of carbonyl (C=O) groups is 1. The third kappa shape index (κ3) is 3.55. The van der Waals surface area contributed by atoms with Crippen LogP contribution >= 0.6 is 0 Å². The topological polar surface area (TPSA) is 97.1 Å². The molecule has 1 unspecified atom stereocenters. The van der Waals surface area contributed by atoms with Gasteiger partial charge in [-0.05, 0) is 24.3 Å². The van der Waals surface area contributed by atoms with Gasteiger partial charge >= 0.3 is 0 Å². The van der Waals surface area contributed by atoms with Crippen LogP contribution < -0.4 is 5.48 Å². The van der Waals surface area contributed by atoms with Crippen molar-refractivity contribution in [1.29, 1.82) is 0 Å². The molecule has 1 aromatic heterocycles. The molecular weight excluding hydrogens is 328 g/mol. The van der Waals surface area contributed by atoms with Crippen LogP contribution in [0.5, 0.6) is 0 Å². The molecule has 2 aromatic carbocycles. The summed E-state index contributed by atoms with van der Waals surface area (Å²) in [6.45, 7) is 0. The molecule has 1 heterocycles. The second-order valence-corrected chi connectivity index (χ2v) is 6.37. The molecule has 3 rings (SSSR count). The molecule has 122 valence electrons. The minimum absolute atomic E-state index is 0.188. The summed E-state index contributed by atoms with van der Waals surface area (Å²) in [5, 5.41) is 16.7. The van der Waals surface area contributed by atoms with Gasteiger partial charge in [0.25, 0.3) is 5.91 Å². The lowest BCUT2D eigenvalue weighted by Gasteiger charge is -2.02. The summed E-state index contributed by atoms with van der Waals surface area (Å²) in [6.07, 6.45) is 1.66. The van der Waals surface area contributed by atoms with Crippen LogP contribution in [0.2, 0.25) is 0 Å². The first-order valence-electron chi connectivity index (χ1n) is 7.06. The average Bonchev–Trinajstić information content (AvgIpc) is 3.10. The Kier molecular flexibility index (Phi) is 4.78. The quantitative estimate of drug-likeness (QED) is 0.545. The summed E-state index contributed by atoms with van der Waals surface area (Å²) in [7, 11) is -1.23. The number of amides is 1. The average molecular weight is 342 g/mol. The van der Waals surface area contributed by atoms with E-state index in [4.69, 9.17) is 5.21 Å². The van der Waals surface area contributed by atoms with E-state index in [1.807, 2.05) is 18.2 Å². The molecule has 0 saturated carbocycles. The fourth-order valence-corrected chi connectivity index (χ4v) is 3.12. The van der Waals surface area contributed by atoms with Gasteiger partial charge in [-0.3, -0.25) is 14.2 Å². The lowest BCUT2D eigenvalue weighted by atomic mass is 10.1. The highest BCUT2D eigenvalue weighted by atomic mass is 32.2. The standard InChI is InChI=1S/C16H14N4O3S/c21-16(18-22)13-6-4-5-12(9-13)15-10-20(19-17-15)11-24(23)14-7-2-1-3-8-14/h1-10,22H,11H2,(H,18,21). The molecule has 3 aromatic rings. The van der Waals surface area contributed by atoms with Gasteiger partial charge in [-0.15, -0.1) is 5.10 Å². The molecule has 7 nitrogen and oxygen atoms in total. The van der Waals surface area contributed by atoms with Crippen LogP contribution in [0.15, 0.2) is 65.7 Å². The predicted molar refractivity (Wildman–Crippen MR) is 87.6 cm³/mol. The van der Waals surface area contributed by atoms with Gasteiger partial charge < -0.3 is 0 Å². The van der Waals surface area contributed by atoms with E-state index in [1.54, 1.807) is 48.1 Å². The number of benzene rings is 2. The zero-order valence-corrected chi connectivity index (χ0v) is 13.3. The van der Waals surface area contributed by atoms with E-state index in [-0.39, 0.29) is 5.88 Å². The van der Waals surface area contributed by atoms with E-state index in [1.165, 1.54) is 4.68 Å². The number of carbonyl (C=O) groups excluding carboxylic acids is 1. The normalized spacial score (nSPS) is 11.9. The molecule has 0 saturated heterocycles. The third-order valence-corrected chi connectivity index (χ3v) is 4.61. The Morgan fingerprint density at radius 1 is 1.17 bits per heavy atom. The number of hydrogen-bond donors (Lipinski definition) is 2. The Morgan fingerprint density at radius 3 is 2.71 bits per heavy atom. The lowest BCUT2D eigenvalue weighted by molar-refractivity contribution is 0.0706. The molecule has 0 fully saturated rings. The second kappa shape index (κ2) is 7.16. The maximum atomic E-state index is 12.3. The molecule has 1 amide bonds. The van der Waals surface area contributed by atoms with Crippen LogP contribution in [0, 0.1) is 0 Å². The predicted octanol–water partition coefficient (Wildman–Crippen LogP) is 1.83. The van der Waals surface area contributed by atoms with Gasteiger partial charge in [0.2, 0.25) is 0 Å². The highest BCUT2D eigenvalue weighted by Gasteiger charge is 2.10. The Morgan fingerprint density at radius 2 is 1.96 bits per heavy atom. The molecule has 0 bridgehead atoms. The number of hydroxylamine groups is 1. The van der Waals surface area contributed by atoms with Crippen molar-refractivity contribution >= 4 is 16.7 Å². The molecule has 0 aliphatic carbocycles. The zero-order valence-electron chi connectivity index (χ0n) is 12.5. The van der Waals surface area contributed by atoms with Crippen LogP contribution in [0.1, 0.15) is 10.4 Å². The number of nitrogens with one attached hydrogen (secondary N) is 1. The van der Waals surface area contributed by atoms with Crippen molar-refractivity contribution in [2.24, 2.45) is 0 Å². The summed E-state index contributed by atoms with van der Waals surface area (Å²) in [5.41, 5.74) is 3.11. The smallest absolute Gasteiger partial charge is 0.274 e. The molecule has 0 aliphatic rings. The SMILES string of the molecule is O=C(NO)c1cccc(-c2cn(CS(=O)c3ccccc3)nn2)c1. The molecule has 2 N–H and O–H groups in total. The second-order valence-electron chi connectivity index (χ2n) is 4.95. The number of aromatic nitrogens is 3. The van der Waals surface area contributed by atoms with Gasteiger partial charge in [0, 0.05) is 16.0 Å². The van der Waals surface area contributed by atoms with Gasteiger partial charge in [0.1, 0.15) is 11.6 Å². The Hall–Kier alpha value is -2.84. The molecule has 0 aliphatic heterocycles. The minimum atomic E-state index is -1.23. The summed E-state index contributed by atoms with van der Waals surface area (Å²) in [4.78, 5) is 12.2.